The van der Waals surface area contributed by atoms with Gasteiger partial charge in [0.1, 0.15) is 6.61 Å². The highest BCUT2D eigenvalue weighted by molar-refractivity contribution is 5.82. The van der Waals surface area contributed by atoms with Crippen molar-refractivity contribution in [1.29, 1.82) is 0 Å². The lowest BCUT2D eigenvalue weighted by atomic mass is 9.98. The topological polar surface area (TPSA) is 105 Å². The lowest BCUT2D eigenvalue weighted by Gasteiger charge is -2.34. The minimum absolute atomic E-state index is 0.00380. The van der Waals surface area contributed by atoms with Gasteiger partial charge in [-0.1, -0.05) is 55.5 Å². The van der Waals surface area contributed by atoms with Crippen molar-refractivity contribution in [1.82, 2.24) is 10.2 Å². The number of hydrogen-bond donors (Lipinski definition) is 2. The number of amides is 2. The van der Waals surface area contributed by atoms with Crippen molar-refractivity contribution in [3.05, 3.63) is 59.7 Å². The molecule has 3 atom stereocenters. The van der Waals surface area contributed by atoms with Gasteiger partial charge in [0.15, 0.2) is 6.10 Å². The van der Waals surface area contributed by atoms with Gasteiger partial charge in [-0.05, 0) is 29.2 Å². The van der Waals surface area contributed by atoms with Crippen LogP contribution in [-0.4, -0.2) is 66.4 Å². The van der Waals surface area contributed by atoms with Crippen molar-refractivity contribution in [3.63, 3.8) is 0 Å². The second kappa shape index (κ2) is 9.62. The van der Waals surface area contributed by atoms with E-state index in [2.05, 4.69) is 29.6 Å². The monoisotopic (exact) mass is 452 g/mol. The number of nitrogens with zero attached hydrogens (tertiary/aromatic N) is 1. The number of carbonyl (C=O) groups is 3. The first-order valence-corrected chi connectivity index (χ1v) is 11.1. The maximum Gasteiger partial charge on any atom is 0.407 e. The molecule has 8 nitrogen and oxygen atoms in total. The SMILES string of the molecule is CC(NC(=O)OCC1c2ccccc2-c2ccccc21)C(C)C(=O)N1CCOC(C(=O)O)C1. The Morgan fingerprint density at radius 1 is 1.09 bits per heavy atom. The number of aliphatic carboxylic acids is 1. The van der Waals surface area contributed by atoms with Crippen LogP contribution >= 0.6 is 0 Å². The van der Waals surface area contributed by atoms with Gasteiger partial charge in [0.05, 0.1) is 19.1 Å². The Kier molecular flexibility index (Phi) is 6.65. The zero-order valence-electron chi connectivity index (χ0n) is 18.7. The Hall–Kier alpha value is -3.39. The van der Waals surface area contributed by atoms with E-state index in [1.165, 1.54) is 4.90 Å². The second-order valence-corrected chi connectivity index (χ2v) is 8.53. The lowest BCUT2D eigenvalue weighted by Crippen LogP contribution is -2.52. The first-order valence-electron chi connectivity index (χ1n) is 11.1. The maximum atomic E-state index is 12.8. The van der Waals surface area contributed by atoms with E-state index in [4.69, 9.17) is 14.6 Å². The standard InChI is InChI=1S/C25H28N2O6/c1-15(23(28)27-11-12-32-22(13-27)24(29)30)16(2)26-25(31)33-14-21-19-9-5-3-7-17(19)18-8-4-6-10-20(18)21/h3-10,15-16,21-22H,11-14H2,1-2H3,(H,26,31)(H,29,30). The summed E-state index contributed by atoms with van der Waals surface area (Å²) in [6.07, 6.45) is -1.62. The Labute approximate surface area is 192 Å². The van der Waals surface area contributed by atoms with Crippen LogP contribution < -0.4 is 5.32 Å². The van der Waals surface area contributed by atoms with Crippen molar-refractivity contribution >= 4 is 18.0 Å². The zero-order valence-corrected chi connectivity index (χ0v) is 18.7. The largest absolute Gasteiger partial charge is 0.479 e. The van der Waals surface area contributed by atoms with Gasteiger partial charge in [-0.15, -0.1) is 0 Å². The molecule has 1 aliphatic heterocycles. The van der Waals surface area contributed by atoms with Gasteiger partial charge in [-0.2, -0.15) is 0 Å². The predicted molar refractivity (Wildman–Crippen MR) is 121 cm³/mol. The van der Waals surface area contributed by atoms with Gasteiger partial charge >= 0.3 is 12.1 Å². The van der Waals surface area contributed by atoms with Crippen LogP contribution in [-0.2, 0) is 19.1 Å². The molecular formula is C25H28N2O6. The van der Waals surface area contributed by atoms with Gasteiger partial charge in [-0.3, -0.25) is 4.79 Å². The number of ether oxygens (including phenoxy) is 2. The fourth-order valence-corrected chi connectivity index (χ4v) is 4.45. The summed E-state index contributed by atoms with van der Waals surface area (Å²) in [6.45, 7) is 4.13. The first kappa shape index (κ1) is 22.8. The molecular weight excluding hydrogens is 424 g/mol. The van der Waals surface area contributed by atoms with E-state index in [9.17, 15) is 14.4 Å². The molecule has 0 saturated carbocycles. The summed E-state index contributed by atoms with van der Waals surface area (Å²) in [6, 6.07) is 15.7. The number of nitrogens with one attached hydrogen (secondary N) is 1. The molecule has 2 N–H and O–H groups in total. The Bertz CT molecular complexity index is 1010. The molecule has 1 saturated heterocycles. The molecule has 1 fully saturated rings. The van der Waals surface area contributed by atoms with Crippen LogP contribution in [0, 0.1) is 5.92 Å². The third-order valence-electron chi connectivity index (χ3n) is 6.48. The fraction of sp³-hybridized carbons (Fsp3) is 0.400. The van der Waals surface area contributed by atoms with E-state index in [1.807, 2.05) is 24.3 Å². The molecule has 2 amide bonds. The number of hydrogen-bond acceptors (Lipinski definition) is 5. The second-order valence-electron chi connectivity index (χ2n) is 8.53. The Morgan fingerprint density at radius 2 is 1.70 bits per heavy atom. The van der Waals surface area contributed by atoms with Crippen LogP contribution in [0.5, 0.6) is 0 Å². The minimum atomic E-state index is -1.09. The summed E-state index contributed by atoms with van der Waals surface area (Å²) in [4.78, 5) is 38.0. The summed E-state index contributed by atoms with van der Waals surface area (Å²) in [5.74, 6) is -1.90. The summed E-state index contributed by atoms with van der Waals surface area (Å²) >= 11 is 0. The molecule has 0 radical (unpaired) electrons. The van der Waals surface area contributed by atoms with E-state index in [1.54, 1.807) is 13.8 Å². The molecule has 1 aliphatic carbocycles. The smallest absolute Gasteiger partial charge is 0.407 e. The quantitative estimate of drug-likeness (QED) is 0.698. The number of benzene rings is 2. The number of alkyl carbamates (subject to hydrolysis) is 1. The summed E-state index contributed by atoms with van der Waals surface area (Å²) in [5.41, 5.74) is 4.56. The van der Waals surface area contributed by atoms with Gasteiger partial charge in [-0.25, -0.2) is 9.59 Å². The van der Waals surface area contributed by atoms with Gasteiger partial charge in [0.2, 0.25) is 5.91 Å². The lowest BCUT2D eigenvalue weighted by molar-refractivity contribution is -0.160. The molecule has 0 aromatic heterocycles. The minimum Gasteiger partial charge on any atom is -0.479 e. The molecule has 8 heteroatoms. The highest BCUT2D eigenvalue weighted by atomic mass is 16.5. The summed E-state index contributed by atoms with van der Waals surface area (Å²) < 4.78 is 10.7. The molecule has 3 unspecified atom stereocenters. The molecule has 0 bridgehead atoms. The van der Waals surface area contributed by atoms with Crippen LogP contribution in [0.4, 0.5) is 4.79 Å². The predicted octanol–water partition coefficient (Wildman–Crippen LogP) is 2.86. The van der Waals surface area contributed by atoms with Crippen molar-refractivity contribution in [3.8, 4) is 11.1 Å². The highest BCUT2D eigenvalue weighted by Crippen LogP contribution is 2.44. The number of rotatable bonds is 6. The van der Waals surface area contributed by atoms with Crippen molar-refractivity contribution in [2.45, 2.75) is 31.9 Å². The van der Waals surface area contributed by atoms with Crippen LogP contribution in [0.3, 0.4) is 0 Å². The molecule has 174 valence electrons. The summed E-state index contributed by atoms with van der Waals surface area (Å²) in [5, 5.41) is 11.9. The van der Waals surface area contributed by atoms with Crippen molar-refractivity contribution in [2.75, 3.05) is 26.3 Å². The average molecular weight is 453 g/mol. The van der Waals surface area contributed by atoms with Crippen LogP contribution in [0.1, 0.15) is 30.9 Å². The number of carboxylic acids is 1. The van der Waals surface area contributed by atoms with Crippen molar-refractivity contribution in [2.24, 2.45) is 5.92 Å². The molecule has 0 spiro atoms. The van der Waals surface area contributed by atoms with Crippen LogP contribution in [0.2, 0.25) is 0 Å². The first-order chi connectivity index (χ1) is 15.9. The molecule has 4 rings (SSSR count). The zero-order chi connectivity index (χ0) is 23.5. The number of morpholine rings is 1. The molecule has 2 aromatic carbocycles. The van der Waals surface area contributed by atoms with E-state index >= 15 is 0 Å². The number of carbonyl (C=O) groups excluding carboxylic acids is 2. The van der Waals surface area contributed by atoms with E-state index in [0.717, 1.165) is 22.3 Å². The van der Waals surface area contributed by atoms with Crippen LogP contribution in [0.25, 0.3) is 11.1 Å². The molecule has 1 heterocycles. The summed E-state index contributed by atoms with van der Waals surface area (Å²) in [7, 11) is 0. The van der Waals surface area contributed by atoms with Gasteiger partial charge in [0.25, 0.3) is 0 Å². The normalized spacial score (nSPS) is 19.2. The number of fused-ring (bicyclic) bond motifs is 3. The number of carboxylic acid groups (broad SMARTS) is 1. The fourth-order valence-electron chi connectivity index (χ4n) is 4.45. The van der Waals surface area contributed by atoms with Crippen LogP contribution in [0.15, 0.2) is 48.5 Å². The highest BCUT2D eigenvalue weighted by Gasteiger charge is 2.34. The Morgan fingerprint density at radius 3 is 2.30 bits per heavy atom. The third kappa shape index (κ3) is 4.71. The molecule has 33 heavy (non-hydrogen) atoms. The van der Waals surface area contributed by atoms with E-state index < -0.39 is 30.1 Å². The van der Waals surface area contributed by atoms with E-state index in [-0.39, 0.29) is 31.6 Å². The maximum absolute atomic E-state index is 12.8. The van der Waals surface area contributed by atoms with Gasteiger partial charge < -0.3 is 24.8 Å². The molecule has 2 aromatic rings. The van der Waals surface area contributed by atoms with Gasteiger partial charge in [0, 0.05) is 18.5 Å². The molecule has 2 aliphatic rings. The van der Waals surface area contributed by atoms with Crippen molar-refractivity contribution < 1.29 is 29.0 Å². The third-order valence-corrected chi connectivity index (χ3v) is 6.48. The van der Waals surface area contributed by atoms with E-state index in [0.29, 0.717) is 6.54 Å². The Balaban J connectivity index is 1.33. The average Bonchev–Trinajstić information content (AvgIpc) is 3.15.